The van der Waals surface area contributed by atoms with Crippen LogP contribution in [0.25, 0.3) is 0 Å². The van der Waals surface area contributed by atoms with Crippen LogP contribution in [0.15, 0.2) is 20.3 Å². The number of aliphatic carboxylic acids is 1. The fourth-order valence-corrected chi connectivity index (χ4v) is 1.71. The molecule has 0 radical (unpaired) electrons. The van der Waals surface area contributed by atoms with E-state index in [-0.39, 0.29) is 17.6 Å². The highest BCUT2D eigenvalue weighted by atomic mass is 79.9. The monoisotopic (exact) mass is 349 g/mol. The molecule has 9 nitrogen and oxygen atoms in total. The summed E-state index contributed by atoms with van der Waals surface area (Å²) < 4.78 is 5.61. The molecule has 0 saturated heterocycles. The highest BCUT2D eigenvalue weighted by Crippen LogP contribution is 1.99. The number of carboxylic acids is 1. The minimum Gasteiger partial charge on any atom is -0.480 e. The van der Waals surface area contributed by atoms with Gasteiger partial charge in [-0.15, -0.1) is 0 Å². The number of methoxy groups -OCH3 is 1. The van der Waals surface area contributed by atoms with Crippen molar-refractivity contribution in [2.24, 2.45) is 0 Å². The van der Waals surface area contributed by atoms with E-state index < -0.39 is 29.2 Å². The number of nitrogens with zero attached hydrogens (tertiary/aromatic N) is 1. The van der Waals surface area contributed by atoms with Gasteiger partial charge >= 0.3 is 11.7 Å². The van der Waals surface area contributed by atoms with E-state index in [9.17, 15) is 19.2 Å². The standard InChI is InChI=1S/C10H12BrN3O6/c1-20-4-7(15)12-6(9(17)18)3-14-2-5(11)8(16)13-10(14)19/h2,6H,3-4H2,1H3,(H,12,15)(H,17,18)(H,13,16,19)/t6-/m0/s1. The average Bonchev–Trinajstić information content (AvgIpc) is 2.35. The van der Waals surface area contributed by atoms with Crippen LogP contribution >= 0.6 is 15.9 Å². The number of nitrogens with one attached hydrogen (secondary N) is 2. The summed E-state index contributed by atoms with van der Waals surface area (Å²) in [5.41, 5.74) is -1.40. The smallest absolute Gasteiger partial charge is 0.328 e. The second-order valence-electron chi connectivity index (χ2n) is 3.78. The van der Waals surface area contributed by atoms with Gasteiger partial charge < -0.3 is 15.2 Å². The van der Waals surface area contributed by atoms with Crippen molar-refractivity contribution in [2.45, 2.75) is 12.6 Å². The molecule has 110 valence electrons. The number of hydrogen-bond acceptors (Lipinski definition) is 5. The minimum atomic E-state index is -1.33. The maximum atomic E-state index is 11.5. The Balaban J connectivity index is 2.94. The van der Waals surface area contributed by atoms with Gasteiger partial charge in [0.2, 0.25) is 5.91 Å². The Morgan fingerprint density at radius 1 is 1.55 bits per heavy atom. The number of amides is 1. The van der Waals surface area contributed by atoms with Gasteiger partial charge in [-0.05, 0) is 15.9 Å². The van der Waals surface area contributed by atoms with Gasteiger partial charge in [-0.2, -0.15) is 0 Å². The Kier molecular flexibility index (Phi) is 5.65. The first-order chi connectivity index (χ1) is 9.35. The molecule has 1 aromatic rings. The minimum absolute atomic E-state index is 0.0736. The zero-order valence-corrected chi connectivity index (χ0v) is 12.0. The number of aromatic amines is 1. The third-order valence-corrected chi connectivity index (χ3v) is 2.82. The summed E-state index contributed by atoms with van der Waals surface area (Å²) in [6.07, 6.45) is 1.15. The summed E-state index contributed by atoms with van der Waals surface area (Å²) in [6.45, 7) is -0.632. The molecule has 1 atom stereocenters. The van der Waals surface area contributed by atoms with E-state index in [1.54, 1.807) is 0 Å². The van der Waals surface area contributed by atoms with Crippen LogP contribution in [0.2, 0.25) is 0 Å². The molecule has 1 amide bonds. The summed E-state index contributed by atoms with van der Waals surface area (Å²) in [6, 6.07) is -1.33. The van der Waals surface area contributed by atoms with Crippen molar-refractivity contribution in [3.05, 3.63) is 31.5 Å². The van der Waals surface area contributed by atoms with Crippen molar-refractivity contribution in [3.8, 4) is 0 Å². The Hall–Kier alpha value is -1.94. The Labute approximate surface area is 120 Å². The van der Waals surface area contributed by atoms with Crippen molar-refractivity contribution in [2.75, 3.05) is 13.7 Å². The predicted octanol–water partition coefficient (Wildman–Crippen LogP) is -1.49. The lowest BCUT2D eigenvalue weighted by Gasteiger charge is -2.15. The molecule has 0 aliphatic carbocycles. The number of carboxylic acid groups (broad SMARTS) is 1. The number of carbonyl (C=O) groups is 2. The zero-order valence-electron chi connectivity index (χ0n) is 10.4. The van der Waals surface area contributed by atoms with E-state index in [2.05, 4.69) is 26.0 Å². The second kappa shape index (κ2) is 7.01. The molecule has 0 aliphatic rings. The molecule has 0 fully saturated rings. The fourth-order valence-electron chi connectivity index (χ4n) is 1.37. The van der Waals surface area contributed by atoms with Gasteiger partial charge in [-0.3, -0.25) is 19.1 Å². The third-order valence-electron chi connectivity index (χ3n) is 2.26. The van der Waals surface area contributed by atoms with Crippen LogP contribution in [-0.4, -0.2) is 46.3 Å². The maximum Gasteiger partial charge on any atom is 0.328 e. The Morgan fingerprint density at radius 2 is 2.20 bits per heavy atom. The van der Waals surface area contributed by atoms with Crippen LogP contribution in [0, 0.1) is 0 Å². The van der Waals surface area contributed by atoms with E-state index in [1.807, 2.05) is 4.98 Å². The number of aromatic nitrogens is 2. The molecule has 1 rings (SSSR count). The topological polar surface area (TPSA) is 130 Å². The molecule has 1 heterocycles. The van der Waals surface area contributed by atoms with Crippen molar-refractivity contribution in [1.82, 2.24) is 14.9 Å². The van der Waals surface area contributed by atoms with Crippen LogP contribution in [0.4, 0.5) is 0 Å². The number of halogens is 1. The van der Waals surface area contributed by atoms with Crippen LogP contribution < -0.4 is 16.6 Å². The van der Waals surface area contributed by atoms with Gasteiger partial charge in [0.15, 0.2) is 0 Å². The first kappa shape index (κ1) is 16.1. The van der Waals surface area contributed by atoms with Crippen molar-refractivity contribution < 1.29 is 19.4 Å². The number of hydrogen-bond donors (Lipinski definition) is 3. The molecule has 10 heteroatoms. The Bertz CT molecular complexity index is 622. The van der Waals surface area contributed by atoms with Gasteiger partial charge in [0.1, 0.15) is 12.6 Å². The van der Waals surface area contributed by atoms with Gasteiger partial charge in [0, 0.05) is 13.3 Å². The molecular formula is C10H12BrN3O6. The SMILES string of the molecule is COCC(=O)N[C@@H](Cn1cc(Br)c(=O)[nH]c1=O)C(=O)O. The lowest BCUT2D eigenvalue weighted by Crippen LogP contribution is -2.47. The molecular weight excluding hydrogens is 338 g/mol. The zero-order chi connectivity index (χ0) is 15.3. The maximum absolute atomic E-state index is 11.5. The van der Waals surface area contributed by atoms with E-state index in [0.29, 0.717) is 0 Å². The summed E-state index contributed by atoms with van der Waals surface area (Å²) in [7, 11) is 1.29. The number of rotatable bonds is 6. The van der Waals surface area contributed by atoms with Crippen LogP contribution in [-0.2, 0) is 20.9 Å². The number of carbonyl (C=O) groups excluding carboxylic acids is 1. The molecule has 1 aromatic heterocycles. The van der Waals surface area contributed by atoms with E-state index >= 15 is 0 Å². The van der Waals surface area contributed by atoms with E-state index in [4.69, 9.17) is 5.11 Å². The molecule has 0 saturated carbocycles. The summed E-state index contributed by atoms with van der Waals surface area (Å²) >= 11 is 2.92. The van der Waals surface area contributed by atoms with Gasteiger partial charge in [-0.25, -0.2) is 9.59 Å². The largest absolute Gasteiger partial charge is 0.480 e. The quantitative estimate of drug-likeness (QED) is 0.573. The molecule has 20 heavy (non-hydrogen) atoms. The molecule has 0 aliphatic heterocycles. The molecule has 0 bridgehead atoms. The summed E-state index contributed by atoms with van der Waals surface area (Å²) in [4.78, 5) is 47.0. The molecule has 3 N–H and O–H groups in total. The van der Waals surface area contributed by atoms with Crippen LogP contribution in [0.5, 0.6) is 0 Å². The van der Waals surface area contributed by atoms with Gasteiger partial charge in [0.25, 0.3) is 5.56 Å². The normalized spacial score (nSPS) is 11.9. The van der Waals surface area contributed by atoms with Gasteiger partial charge in [-0.1, -0.05) is 0 Å². The Morgan fingerprint density at radius 3 is 2.75 bits per heavy atom. The molecule has 0 aromatic carbocycles. The highest BCUT2D eigenvalue weighted by molar-refractivity contribution is 9.10. The average molecular weight is 350 g/mol. The van der Waals surface area contributed by atoms with E-state index in [1.165, 1.54) is 7.11 Å². The van der Waals surface area contributed by atoms with Gasteiger partial charge in [0.05, 0.1) is 11.0 Å². The van der Waals surface area contributed by atoms with Crippen molar-refractivity contribution >= 4 is 27.8 Å². The number of ether oxygens (including phenoxy) is 1. The van der Waals surface area contributed by atoms with Crippen molar-refractivity contribution in [1.29, 1.82) is 0 Å². The number of H-pyrrole nitrogens is 1. The third kappa shape index (κ3) is 4.31. The predicted molar refractivity (Wildman–Crippen MR) is 70.5 cm³/mol. The molecule has 0 spiro atoms. The first-order valence-corrected chi connectivity index (χ1v) is 6.14. The second-order valence-corrected chi connectivity index (χ2v) is 4.63. The molecule has 0 unspecified atom stereocenters. The van der Waals surface area contributed by atoms with Crippen LogP contribution in [0.1, 0.15) is 0 Å². The van der Waals surface area contributed by atoms with Crippen LogP contribution in [0.3, 0.4) is 0 Å². The first-order valence-electron chi connectivity index (χ1n) is 5.35. The highest BCUT2D eigenvalue weighted by Gasteiger charge is 2.21. The fraction of sp³-hybridized carbons (Fsp3) is 0.400. The summed E-state index contributed by atoms with van der Waals surface area (Å²) in [5, 5.41) is 11.2. The van der Waals surface area contributed by atoms with E-state index in [0.717, 1.165) is 10.8 Å². The lowest BCUT2D eigenvalue weighted by atomic mass is 10.3. The summed E-state index contributed by atoms with van der Waals surface area (Å²) in [5.74, 6) is -1.94. The van der Waals surface area contributed by atoms with Crippen molar-refractivity contribution in [3.63, 3.8) is 0 Å². The lowest BCUT2D eigenvalue weighted by molar-refractivity contribution is -0.142.